The lowest BCUT2D eigenvalue weighted by molar-refractivity contribution is -0.141. The van der Waals surface area contributed by atoms with E-state index in [1.165, 1.54) is 0 Å². The molecule has 26 heavy (non-hydrogen) atoms. The predicted molar refractivity (Wildman–Crippen MR) is 105 cm³/mol. The van der Waals surface area contributed by atoms with Gasteiger partial charge in [0.05, 0.1) is 20.1 Å². The van der Waals surface area contributed by atoms with Gasteiger partial charge < -0.3 is 10.4 Å². The molecular formula is C18H15Cl4NO3. The number of rotatable bonds is 7. The molecule has 0 saturated carbocycles. The molecule has 2 aromatic rings. The molecule has 0 spiro atoms. The standard InChI is InChI=1S/C18H15Cl4NO3/c19-12-4-1-10(7-14(12)21)3-6-17(24)23-16(18(25)26)9-11-2-5-13(20)15(22)8-11/h1-2,4-5,7-8,16H,3,6,9H2,(H,23,24)(H,25,26)/t16-/m0/s1. The zero-order valence-electron chi connectivity index (χ0n) is 13.4. The molecule has 2 rings (SSSR count). The molecule has 138 valence electrons. The maximum absolute atomic E-state index is 12.1. The van der Waals surface area contributed by atoms with E-state index in [4.69, 9.17) is 46.4 Å². The van der Waals surface area contributed by atoms with Crippen molar-refractivity contribution in [1.29, 1.82) is 0 Å². The van der Waals surface area contributed by atoms with Crippen LogP contribution in [-0.4, -0.2) is 23.0 Å². The Kier molecular flexibility index (Phi) is 7.59. The molecule has 0 aliphatic carbocycles. The lowest BCUT2D eigenvalue weighted by Crippen LogP contribution is -2.42. The quantitative estimate of drug-likeness (QED) is 0.640. The van der Waals surface area contributed by atoms with Gasteiger partial charge in [-0.25, -0.2) is 4.79 Å². The van der Waals surface area contributed by atoms with Crippen LogP contribution in [0, 0.1) is 0 Å². The maximum atomic E-state index is 12.1. The molecule has 8 heteroatoms. The Morgan fingerprint density at radius 1 is 0.885 bits per heavy atom. The molecular weight excluding hydrogens is 420 g/mol. The number of benzene rings is 2. The molecule has 1 atom stereocenters. The van der Waals surface area contributed by atoms with Gasteiger partial charge in [-0.15, -0.1) is 0 Å². The van der Waals surface area contributed by atoms with E-state index in [2.05, 4.69) is 5.32 Å². The van der Waals surface area contributed by atoms with Crippen molar-refractivity contribution < 1.29 is 14.7 Å². The molecule has 0 fully saturated rings. The van der Waals surface area contributed by atoms with Crippen LogP contribution >= 0.6 is 46.4 Å². The van der Waals surface area contributed by atoms with Crippen molar-refractivity contribution in [2.45, 2.75) is 25.3 Å². The smallest absolute Gasteiger partial charge is 0.326 e. The van der Waals surface area contributed by atoms with Crippen molar-refractivity contribution in [3.05, 3.63) is 67.6 Å². The van der Waals surface area contributed by atoms with Gasteiger partial charge in [-0.05, 0) is 41.8 Å². The number of nitrogens with one attached hydrogen (secondary N) is 1. The number of aryl methyl sites for hydroxylation is 1. The van der Waals surface area contributed by atoms with Gasteiger partial charge in [0.25, 0.3) is 0 Å². The molecule has 4 nitrogen and oxygen atoms in total. The van der Waals surface area contributed by atoms with Gasteiger partial charge in [0.2, 0.25) is 5.91 Å². The summed E-state index contributed by atoms with van der Waals surface area (Å²) in [6.07, 6.45) is 0.648. The van der Waals surface area contributed by atoms with E-state index in [1.807, 2.05) is 0 Å². The van der Waals surface area contributed by atoms with E-state index in [-0.39, 0.29) is 18.7 Å². The summed E-state index contributed by atoms with van der Waals surface area (Å²) in [7, 11) is 0. The van der Waals surface area contributed by atoms with Crippen LogP contribution in [0.4, 0.5) is 0 Å². The Hall–Kier alpha value is -1.46. The van der Waals surface area contributed by atoms with E-state index >= 15 is 0 Å². The Bertz CT molecular complexity index is 826. The second kappa shape index (κ2) is 9.47. The molecule has 0 unspecified atom stereocenters. The van der Waals surface area contributed by atoms with Crippen molar-refractivity contribution in [2.75, 3.05) is 0 Å². The van der Waals surface area contributed by atoms with Gasteiger partial charge in [-0.2, -0.15) is 0 Å². The summed E-state index contributed by atoms with van der Waals surface area (Å²) >= 11 is 23.6. The predicted octanol–water partition coefficient (Wildman–Crippen LogP) is 5.04. The summed E-state index contributed by atoms with van der Waals surface area (Å²) in [4.78, 5) is 23.6. The van der Waals surface area contributed by atoms with Crippen LogP contribution in [0.15, 0.2) is 36.4 Å². The third-order valence-electron chi connectivity index (χ3n) is 3.68. The second-order valence-electron chi connectivity index (χ2n) is 5.66. The van der Waals surface area contributed by atoms with Crippen molar-refractivity contribution in [2.24, 2.45) is 0 Å². The fourth-order valence-corrected chi connectivity index (χ4v) is 2.96. The third-order valence-corrected chi connectivity index (χ3v) is 5.16. The number of hydrogen-bond acceptors (Lipinski definition) is 2. The molecule has 0 aliphatic heterocycles. The summed E-state index contributed by atoms with van der Waals surface area (Å²) in [5, 5.41) is 13.4. The molecule has 1 amide bonds. The first-order chi connectivity index (χ1) is 12.3. The second-order valence-corrected chi connectivity index (χ2v) is 7.29. The van der Waals surface area contributed by atoms with Crippen molar-refractivity contribution in [3.63, 3.8) is 0 Å². The minimum Gasteiger partial charge on any atom is -0.480 e. The number of carboxylic acids is 1. The highest BCUT2D eigenvalue weighted by molar-refractivity contribution is 6.42. The molecule has 0 heterocycles. The minimum absolute atomic E-state index is 0.102. The number of amides is 1. The summed E-state index contributed by atoms with van der Waals surface area (Å²) in [5.74, 6) is -1.50. The largest absolute Gasteiger partial charge is 0.480 e. The minimum atomic E-state index is -1.13. The molecule has 2 aromatic carbocycles. The fourth-order valence-electron chi connectivity index (χ4n) is 2.32. The lowest BCUT2D eigenvalue weighted by atomic mass is 10.1. The molecule has 0 saturated heterocycles. The van der Waals surface area contributed by atoms with E-state index in [1.54, 1.807) is 36.4 Å². The first-order valence-corrected chi connectivity index (χ1v) is 9.17. The zero-order chi connectivity index (χ0) is 19.3. The number of carbonyl (C=O) groups excluding carboxylic acids is 1. The lowest BCUT2D eigenvalue weighted by Gasteiger charge is -2.15. The maximum Gasteiger partial charge on any atom is 0.326 e. The number of carboxylic acid groups (broad SMARTS) is 1. The van der Waals surface area contributed by atoms with Gasteiger partial charge in [0, 0.05) is 12.8 Å². The molecule has 0 aromatic heterocycles. The van der Waals surface area contributed by atoms with Gasteiger partial charge in [0.1, 0.15) is 6.04 Å². The first kappa shape index (κ1) is 20.8. The molecule has 0 aliphatic rings. The monoisotopic (exact) mass is 433 g/mol. The highest BCUT2D eigenvalue weighted by Crippen LogP contribution is 2.24. The van der Waals surface area contributed by atoms with Gasteiger partial charge in [-0.1, -0.05) is 58.5 Å². The van der Waals surface area contributed by atoms with E-state index in [0.717, 1.165) is 5.56 Å². The number of carbonyl (C=O) groups is 2. The van der Waals surface area contributed by atoms with Crippen LogP contribution in [-0.2, 0) is 22.4 Å². The van der Waals surface area contributed by atoms with Crippen LogP contribution in [0.3, 0.4) is 0 Å². The van der Waals surface area contributed by atoms with Crippen LogP contribution in [0.25, 0.3) is 0 Å². The van der Waals surface area contributed by atoms with Crippen LogP contribution in [0.1, 0.15) is 17.5 Å². The van der Waals surface area contributed by atoms with Crippen LogP contribution in [0.2, 0.25) is 20.1 Å². The normalized spacial score (nSPS) is 11.8. The topological polar surface area (TPSA) is 66.4 Å². The first-order valence-electron chi connectivity index (χ1n) is 7.66. The van der Waals surface area contributed by atoms with Crippen LogP contribution < -0.4 is 5.32 Å². The van der Waals surface area contributed by atoms with Gasteiger partial charge in [-0.3, -0.25) is 4.79 Å². The SMILES string of the molecule is O=C(CCc1ccc(Cl)c(Cl)c1)N[C@@H](Cc1ccc(Cl)c(Cl)c1)C(=O)O. The Balaban J connectivity index is 1.95. The molecule has 0 bridgehead atoms. The highest BCUT2D eigenvalue weighted by atomic mass is 35.5. The molecule has 0 radical (unpaired) electrons. The van der Waals surface area contributed by atoms with Crippen molar-refractivity contribution in [1.82, 2.24) is 5.32 Å². The Morgan fingerprint density at radius 3 is 1.96 bits per heavy atom. The third kappa shape index (κ3) is 6.06. The van der Waals surface area contributed by atoms with Gasteiger partial charge in [0.15, 0.2) is 0 Å². The number of aliphatic carboxylic acids is 1. The fraction of sp³-hybridized carbons (Fsp3) is 0.222. The Labute approximate surface area is 171 Å². The summed E-state index contributed by atoms with van der Waals surface area (Å²) < 4.78 is 0. The molecule has 2 N–H and O–H groups in total. The average Bonchev–Trinajstić information content (AvgIpc) is 2.58. The Morgan fingerprint density at radius 2 is 1.42 bits per heavy atom. The summed E-state index contributed by atoms with van der Waals surface area (Å²) in [5.41, 5.74) is 1.50. The van der Waals surface area contributed by atoms with E-state index in [9.17, 15) is 14.7 Å². The summed E-state index contributed by atoms with van der Waals surface area (Å²) in [6, 6.07) is 8.89. The average molecular weight is 435 g/mol. The van der Waals surface area contributed by atoms with Crippen molar-refractivity contribution in [3.8, 4) is 0 Å². The number of hydrogen-bond donors (Lipinski definition) is 2. The van der Waals surface area contributed by atoms with Crippen LogP contribution in [0.5, 0.6) is 0 Å². The zero-order valence-corrected chi connectivity index (χ0v) is 16.5. The van der Waals surface area contributed by atoms with E-state index < -0.39 is 12.0 Å². The van der Waals surface area contributed by atoms with Crippen molar-refractivity contribution >= 4 is 58.3 Å². The highest BCUT2D eigenvalue weighted by Gasteiger charge is 2.20. The summed E-state index contributed by atoms with van der Waals surface area (Å²) in [6.45, 7) is 0. The number of halogens is 4. The van der Waals surface area contributed by atoms with Gasteiger partial charge >= 0.3 is 5.97 Å². The van der Waals surface area contributed by atoms with E-state index in [0.29, 0.717) is 32.1 Å².